The van der Waals surface area contributed by atoms with Gasteiger partial charge in [-0.2, -0.15) is 0 Å². The zero-order valence-electron chi connectivity index (χ0n) is 28.7. The summed E-state index contributed by atoms with van der Waals surface area (Å²) in [6.45, 7) is 10.7. The molecule has 0 bridgehead atoms. The lowest BCUT2D eigenvalue weighted by molar-refractivity contribution is -0.142. The average Bonchev–Trinajstić information content (AvgIpc) is 3.68. The van der Waals surface area contributed by atoms with Crippen molar-refractivity contribution in [2.75, 3.05) is 24.5 Å². The van der Waals surface area contributed by atoms with Crippen LogP contribution in [0, 0.1) is 18.3 Å². The Morgan fingerprint density at radius 2 is 1.71 bits per heavy atom. The monoisotopic (exact) mass is 690 g/mol. The summed E-state index contributed by atoms with van der Waals surface area (Å²) in [5, 5.41) is 25.5. The highest BCUT2D eigenvalue weighted by Gasteiger charge is 2.45. The standard InChI is InChI=1S/C36H46N6O6S/c1-21(24-6-8-25(9-7-24)31-22(2)38-20-49-31)39-34(47)29-17-27(43)19-42(29)35(48)32(36(3,4)5)40-33(46)28-11-10-26(18-37-28)41-14-12-23(13-15-41)16-30(44)45/h6-11,18,20-21,23,27,29,32,43H,12-17,19H2,1-5H3,(H,39,47)(H,40,46)(H,44,45)/t21?,27-,29+,32?/m1/s1. The molecule has 2 unspecified atom stereocenters. The van der Waals surface area contributed by atoms with Gasteiger partial charge in [0.2, 0.25) is 11.8 Å². The number of thiazole rings is 1. The molecule has 49 heavy (non-hydrogen) atoms. The minimum Gasteiger partial charge on any atom is -0.481 e. The van der Waals surface area contributed by atoms with Gasteiger partial charge in [-0.05, 0) is 61.3 Å². The van der Waals surface area contributed by atoms with E-state index >= 15 is 0 Å². The zero-order valence-corrected chi connectivity index (χ0v) is 29.5. The SMILES string of the molecule is Cc1ncsc1-c1ccc(C(C)NC(=O)[C@@H]2C[C@@H](O)CN2C(=O)C(NC(=O)c2ccc(N3CCC(CC(=O)O)CC3)cn2)C(C)(C)C)cc1. The second kappa shape index (κ2) is 15.0. The summed E-state index contributed by atoms with van der Waals surface area (Å²) in [5.41, 5.74) is 5.00. The number of carbonyl (C=O) groups excluding carboxylic acids is 3. The molecule has 2 aliphatic heterocycles. The minimum atomic E-state index is -0.990. The molecule has 4 atom stereocenters. The number of aliphatic hydroxyl groups is 1. The minimum absolute atomic E-state index is 0.0211. The van der Waals surface area contributed by atoms with E-state index in [9.17, 15) is 24.3 Å². The van der Waals surface area contributed by atoms with Crippen molar-refractivity contribution < 1.29 is 29.4 Å². The zero-order chi connectivity index (χ0) is 35.5. The van der Waals surface area contributed by atoms with Gasteiger partial charge in [-0.25, -0.2) is 9.97 Å². The normalized spacial score (nSPS) is 19.7. The molecule has 3 aromatic rings. The van der Waals surface area contributed by atoms with Crippen molar-refractivity contribution in [1.29, 1.82) is 0 Å². The fourth-order valence-electron chi connectivity index (χ4n) is 6.57. The van der Waals surface area contributed by atoms with Crippen LogP contribution in [0.5, 0.6) is 0 Å². The summed E-state index contributed by atoms with van der Waals surface area (Å²) in [6.07, 6.45) is 2.55. The Labute approximate surface area is 290 Å². The number of pyridine rings is 1. The number of anilines is 1. The van der Waals surface area contributed by atoms with E-state index in [2.05, 4.69) is 25.5 Å². The van der Waals surface area contributed by atoms with E-state index in [-0.39, 0.29) is 42.9 Å². The lowest BCUT2D eigenvalue weighted by Gasteiger charge is -2.35. The van der Waals surface area contributed by atoms with Crippen LogP contribution in [0.25, 0.3) is 10.4 Å². The summed E-state index contributed by atoms with van der Waals surface area (Å²) < 4.78 is 0. The molecule has 4 N–H and O–H groups in total. The number of aromatic nitrogens is 2. The summed E-state index contributed by atoms with van der Waals surface area (Å²) in [5.74, 6) is -1.97. The van der Waals surface area contributed by atoms with Crippen molar-refractivity contribution in [3.05, 3.63) is 65.1 Å². The number of carboxylic acid groups (broad SMARTS) is 1. The average molecular weight is 691 g/mol. The van der Waals surface area contributed by atoms with Crippen molar-refractivity contribution in [3.8, 4) is 10.4 Å². The summed E-state index contributed by atoms with van der Waals surface area (Å²) in [7, 11) is 0. The number of hydrogen-bond donors (Lipinski definition) is 4. The number of rotatable bonds is 10. The largest absolute Gasteiger partial charge is 0.481 e. The van der Waals surface area contributed by atoms with Crippen molar-refractivity contribution in [2.24, 2.45) is 11.3 Å². The van der Waals surface area contributed by atoms with Crippen LogP contribution in [0.15, 0.2) is 48.1 Å². The van der Waals surface area contributed by atoms with E-state index in [1.807, 2.05) is 64.4 Å². The molecule has 5 rings (SSSR count). The van der Waals surface area contributed by atoms with Crippen molar-refractivity contribution in [2.45, 2.75) is 84.5 Å². The molecule has 1 aromatic carbocycles. The van der Waals surface area contributed by atoms with Gasteiger partial charge in [-0.1, -0.05) is 45.0 Å². The summed E-state index contributed by atoms with van der Waals surface area (Å²) in [6, 6.07) is 9.10. The van der Waals surface area contributed by atoms with Crippen LogP contribution in [0.2, 0.25) is 0 Å². The number of nitrogens with zero attached hydrogens (tertiary/aromatic N) is 4. The number of piperidine rings is 1. The third-order valence-electron chi connectivity index (χ3n) is 9.45. The number of β-amino-alcohol motifs (C(OH)–C–C–N with tert-alkyl or cyclic N) is 1. The molecular formula is C36H46N6O6S. The molecule has 262 valence electrons. The highest BCUT2D eigenvalue weighted by Crippen LogP contribution is 2.30. The van der Waals surface area contributed by atoms with Crippen LogP contribution in [0.4, 0.5) is 5.69 Å². The first-order chi connectivity index (χ1) is 23.2. The van der Waals surface area contributed by atoms with E-state index in [0.29, 0.717) is 13.1 Å². The highest BCUT2D eigenvalue weighted by atomic mass is 32.1. The maximum absolute atomic E-state index is 14.1. The smallest absolute Gasteiger partial charge is 0.303 e. The Hall–Kier alpha value is -4.36. The Balaban J connectivity index is 1.22. The first-order valence-corrected chi connectivity index (χ1v) is 17.6. The van der Waals surface area contributed by atoms with Crippen LogP contribution in [0.1, 0.15) is 81.2 Å². The predicted molar refractivity (Wildman–Crippen MR) is 187 cm³/mol. The van der Waals surface area contributed by atoms with Crippen LogP contribution in [0.3, 0.4) is 0 Å². The fourth-order valence-corrected chi connectivity index (χ4v) is 7.38. The van der Waals surface area contributed by atoms with E-state index in [1.165, 1.54) is 4.90 Å². The number of likely N-dealkylation sites (tertiary alicyclic amines) is 1. The lowest BCUT2D eigenvalue weighted by Crippen LogP contribution is -2.58. The maximum Gasteiger partial charge on any atom is 0.303 e. The number of aliphatic hydroxyl groups excluding tert-OH is 1. The molecule has 0 radical (unpaired) electrons. The number of hydrogen-bond acceptors (Lipinski definition) is 9. The van der Waals surface area contributed by atoms with E-state index < -0.39 is 41.4 Å². The number of nitrogens with one attached hydrogen (secondary N) is 2. The number of aliphatic carboxylic acids is 1. The molecule has 0 aliphatic carbocycles. The van der Waals surface area contributed by atoms with Gasteiger partial charge in [0.15, 0.2) is 0 Å². The Kier molecular flexibility index (Phi) is 11.0. The van der Waals surface area contributed by atoms with Crippen LogP contribution in [-0.2, 0) is 14.4 Å². The van der Waals surface area contributed by atoms with Crippen molar-refractivity contribution in [1.82, 2.24) is 25.5 Å². The van der Waals surface area contributed by atoms with Gasteiger partial charge in [0.05, 0.1) is 40.1 Å². The number of carbonyl (C=O) groups is 4. The highest BCUT2D eigenvalue weighted by molar-refractivity contribution is 7.13. The van der Waals surface area contributed by atoms with Gasteiger partial charge in [0.1, 0.15) is 17.8 Å². The molecule has 2 aromatic heterocycles. The summed E-state index contributed by atoms with van der Waals surface area (Å²) >= 11 is 1.57. The van der Waals surface area contributed by atoms with Gasteiger partial charge < -0.3 is 30.6 Å². The van der Waals surface area contributed by atoms with E-state index in [1.54, 1.807) is 29.7 Å². The third kappa shape index (κ3) is 8.63. The maximum atomic E-state index is 14.1. The Morgan fingerprint density at radius 3 is 2.29 bits per heavy atom. The van der Waals surface area contributed by atoms with Crippen LogP contribution >= 0.6 is 11.3 Å². The quantitative estimate of drug-likeness (QED) is 0.244. The van der Waals surface area contributed by atoms with E-state index in [0.717, 1.165) is 40.2 Å². The number of benzene rings is 1. The number of carboxylic acids is 1. The molecule has 4 heterocycles. The first kappa shape index (κ1) is 35.9. The topological polar surface area (TPSA) is 165 Å². The van der Waals surface area contributed by atoms with Gasteiger partial charge in [0, 0.05) is 32.5 Å². The molecule has 2 aliphatic rings. The second-order valence-electron chi connectivity index (χ2n) is 14.2. The molecule has 12 nitrogen and oxygen atoms in total. The van der Waals surface area contributed by atoms with E-state index in [4.69, 9.17) is 5.11 Å². The molecule has 3 amide bonds. The van der Waals surface area contributed by atoms with Crippen molar-refractivity contribution in [3.63, 3.8) is 0 Å². The number of aryl methyl sites for hydroxylation is 1. The molecular weight excluding hydrogens is 644 g/mol. The Morgan fingerprint density at radius 1 is 1.02 bits per heavy atom. The number of amides is 3. The lowest BCUT2D eigenvalue weighted by atomic mass is 9.85. The van der Waals surface area contributed by atoms with Gasteiger partial charge in [-0.15, -0.1) is 11.3 Å². The van der Waals surface area contributed by atoms with Gasteiger partial charge in [0.25, 0.3) is 5.91 Å². The molecule has 0 saturated carbocycles. The molecule has 13 heteroatoms. The molecule has 2 saturated heterocycles. The van der Waals surface area contributed by atoms with Crippen LogP contribution < -0.4 is 15.5 Å². The van der Waals surface area contributed by atoms with Gasteiger partial charge >= 0.3 is 5.97 Å². The second-order valence-corrected chi connectivity index (χ2v) is 15.1. The first-order valence-electron chi connectivity index (χ1n) is 16.7. The molecule has 0 spiro atoms. The van der Waals surface area contributed by atoms with Gasteiger partial charge in [-0.3, -0.25) is 19.2 Å². The summed E-state index contributed by atoms with van der Waals surface area (Å²) in [4.78, 5) is 65.4. The fraction of sp³-hybridized carbons (Fsp3) is 0.500. The third-order valence-corrected chi connectivity index (χ3v) is 10.4. The molecule has 2 fully saturated rings. The van der Waals surface area contributed by atoms with Crippen LogP contribution in [-0.4, -0.2) is 86.6 Å². The Bertz CT molecular complexity index is 1650. The van der Waals surface area contributed by atoms with Crippen molar-refractivity contribution >= 4 is 40.7 Å². The predicted octanol–water partition coefficient (Wildman–Crippen LogP) is 4.19.